The maximum absolute atomic E-state index is 11.5. The predicted molar refractivity (Wildman–Crippen MR) is 84.0 cm³/mol. The van der Waals surface area contributed by atoms with E-state index in [2.05, 4.69) is 6.92 Å². The van der Waals surface area contributed by atoms with Crippen LogP contribution in [0.3, 0.4) is 0 Å². The molecule has 0 aromatic heterocycles. The minimum absolute atomic E-state index is 0.183. The second-order valence-corrected chi connectivity index (χ2v) is 7.57. The Kier molecular flexibility index (Phi) is 4.94. The number of primary sulfonamides is 1. The van der Waals surface area contributed by atoms with Crippen molar-refractivity contribution in [3.05, 3.63) is 23.3 Å². The molecule has 0 saturated heterocycles. The van der Waals surface area contributed by atoms with Crippen molar-refractivity contribution in [1.82, 2.24) is 0 Å². The van der Waals surface area contributed by atoms with E-state index < -0.39 is 10.0 Å². The van der Waals surface area contributed by atoms with E-state index in [-0.39, 0.29) is 11.0 Å². The van der Waals surface area contributed by atoms with Gasteiger partial charge in [0.05, 0.1) is 11.0 Å². The summed E-state index contributed by atoms with van der Waals surface area (Å²) >= 11 is 0. The monoisotopic (exact) mass is 311 g/mol. The molecule has 2 atom stereocenters. The summed E-state index contributed by atoms with van der Waals surface area (Å²) in [6, 6.07) is 3.28. The average Bonchev–Trinajstić information content (AvgIpc) is 2.43. The number of hydrogen-bond acceptors (Lipinski definition) is 3. The zero-order valence-electron chi connectivity index (χ0n) is 13.1. The van der Waals surface area contributed by atoms with Gasteiger partial charge in [-0.3, -0.25) is 0 Å². The van der Waals surface area contributed by atoms with Crippen molar-refractivity contribution >= 4 is 10.0 Å². The molecule has 21 heavy (non-hydrogen) atoms. The molecule has 2 unspecified atom stereocenters. The lowest BCUT2D eigenvalue weighted by molar-refractivity contribution is 0.121. The van der Waals surface area contributed by atoms with Gasteiger partial charge in [-0.2, -0.15) is 0 Å². The van der Waals surface area contributed by atoms with E-state index in [0.29, 0.717) is 5.56 Å². The van der Waals surface area contributed by atoms with Gasteiger partial charge in [0.2, 0.25) is 10.0 Å². The van der Waals surface area contributed by atoms with Crippen LogP contribution in [0.1, 0.15) is 50.2 Å². The standard InChI is InChI=1S/C16H25NO3S/c1-4-13-6-5-7-14(10-13)20-15-8-9-16(21(17,18)19)12(3)11(15)2/h8-9,13-14H,4-7,10H2,1-3H3,(H2,17,18,19). The third-order valence-corrected chi connectivity index (χ3v) is 5.66. The summed E-state index contributed by atoms with van der Waals surface area (Å²) < 4.78 is 29.2. The number of sulfonamides is 1. The zero-order valence-corrected chi connectivity index (χ0v) is 13.9. The molecule has 1 fully saturated rings. The number of hydrogen-bond donors (Lipinski definition) is 1. The van der Waals surface area contributed by atoms with Gasteiger partial charge < -0.3 is 4.74 Å². The molecule has 5 heteroatoms. The Morgan fingerprint density at radius 3 is 2.57 bits per heavy atom. The Hall–Kier alpha value is -1.07. The molecule has 1 aromatic carbocycles. The highest BCUT2D eigenvalue weighted by molar-refractivity contribution is 7.89. The first-order valence-corrected chi connectivity index (χ1v) is 9.17. The first kappa shape index (κ1) is 16.3. The van der Waals surface area contributed by atoms with Gasteiger partial charge in [-0.25, -0.2) is 13.6 Å². The Morgan fingerprint density at radius 1 is 1.24 bits per heavy atom. The second-order valence-electron chi connectivity index (χ2n) is 6.04. The van der Waals surface area contributed by atoms with Crippen LogP contribution in [0, 0.1) is 19.8 Å². The Labute approximate surface area is 127 Å². The fraction of sp³-hybridized carbons (Fsp3) is 0.625. The van der Waals surface area contributed by atoms with Crippen LogP contribution >= 0.6 is 0 Å². The van der Waals surface area contributed by atoms with Crippen molar-refractivity contribution in [1.29, 1.82) is 0 Å². The first-order valence-electron chi connectivity index (χ1n) is 7.62. The van der Waals surface area contributed by atoms with E-state index in [4.69, 9.17) is 9.88 Å². The second kappa shape index (κ2) is 6.36. The maximum atomic E-state index is 11.5. The van der Waals surface area contributed by atoms with Gasteiger partial charge >= 0.3 is 0 Å². The molecule has 0 aliphatic heterocycles. The maximum Gasteiger partial charge on any atom is 0.238 e. The van der Waals surface area contributed by atoms with Crippen molar-refractivity contribution in [2.75, 3.05) is 0 Å². The summed E-state index contributed by atoms with van der Waals surface area (Å²) in [6.07, 6.45) is 6.09. The Bertz CT molecular complexity index is 610. The van der Waals surface area contributed by atoms with Crippen LogP contribution in [0.5, 0.6) is 5.75 Å². The van der Waals surface area contributed by atoms with E-state index >= 15 is 0 Å². The molecule has 4 nitrogen and oxygen atoms in total. The molecule has 2 N–H and O–H groups in total. The summed E-state index contributed by atoms with van der Waals surface area (Å²) in [4.78, 5) is 0.183. The van der Waals surface area contributed by atoms with Crippen molar-refractivity contribution < 1.29 is 13.2 Å². The fourth-order valence-corrected chi connectivity index (χ4v) is 3.94. The quantitative estimate of drug-likeness (QED) is 0.927. The molecule has 1 aromatic rings. The third kappa shape index (κ3) is 3.77. The zero-order chi connectivity index (χ0) is 15.6. The van der Waals surface area contributed by atoms with E-state index in [1.54, 1.807) is 19.1 Å². The highest BCUT2D eigenvalue weighted by atomic mass is 32.2. The number of benzene rings is 1. The van der Waals surface area contributed by atoms with Crippen molar-refractivity contribution in [3.8, 4) is 5.75 Å². The van der Waals surface area contributed by atoms with Gasteiger partial charge in [-0.1, -0.05) is 19.8 Å². The van der Waals surface area contributed by atoms with Gasteiger partial charge in [-0.05, 0) is 62.3 Å². The molecular weight excluding hydrogens is 286 g/mol. The molecule has 0 amide bonds. The van der Waals surface area contributed by atoms with Gasteiger partial charge in [0.25, 0.3) is 0 Å². The summed E-state index contributed by atoms with van der Waals surface area (Å²) in [6.45, 7) is 5.89. The number of nitrogens with two attached hydrogens (primary N) is 1. The largest absolute Gasteiger partial charge is 0.490 e. The molecule has 0 radical (unpaired) electrons. The minimum Gasteiger partial charge on any atom is -0.490 e. The van der Waals surface area contributed by atoms with Crippen LogP contribution in [-0.2, 0) is 10.0 Å². The van der Waals surface area contributed by atoms with Crippen LogP contribution in [0.2, 0.25) is 0 Å². The van der Waals surface area contributed by atoms with E-state index in [0.717, 1.165) is 30.1 Å². The molecule has 1 aliphatic carbocycles. The molecule has 1 aliphatic rings. The van der Waals surface area contributed by atoms with Crippen LogP contribution in [0.4, 0.5) is 0 Å². The van der Waals surface area contributed by atoms with E-state index in [9.17, 15) is 8.42 Å². The van der Waals surface area contributed by atoms with Gasteiger partial charge in [0, 0.05) is 0 Å². The van der Waals surface area contributed by atoms with E-state index in [1.165, 1.54) is 19.3 Å². The number of rotatable bonds is 4. The fourth-order valence-electron chi connectivity index (χ4n) is 3.11. The first-order chi connectivity index (χ1) is 9.82. The van der Waals surface area contributed by atoms with Gasteiger partial charge in [-0.15, -0.1) is 0 Å². The van der Waals surface area contributed by atoms with Crippen molar-refractivity contribution in [3.63, 3.8) is 0 Å². The topological polar surface area (TPSA) is 69.4 Å². The lowest BCUT2D eigenvalue weighted by atomic mass is 9.85. The van der Waals surface area contributed by atoms with Crippen LogP contribution in [-0.4, -0.2) is 14.5 Å². The minimum atomic E-state index is -3.67. The van der Waals surface area contributed by atoms with Crippen LogP contribution < -0.4 is 9.88 Å². The Balaban J connectivity index is 2.20. The molecule has 1 saturated carbocycles. The van der Waals surface area contributed by atoms with Gasteiger partial charge in [0.15, 0.2) is 0 Å². The van der Waals surface area contributed by atoms with E-state index in [1.807, 2.05) is 6.92 Å². The lowest BCUT2D eigenvalue weighted by Crippen LogP contribution is -2.25. The van der Waals surface area contributed by atoms with Crippen LogP contribution in [0.15, 0.2) is 17.0 Å². The van der Waals surface area contributed by atoms with Crippen molar-refractivity contribution in [2.24, 2.45) is 11.1 Å². The average molecular weight is 311 g/mol. The molecular formula is C16H25NO3S. The highest BCUT2D eigenvalue weighted by Gasteiger charge is 2.23. The summed E-state index contributed by atoms with van der Waals surface area (Å²) in [5.41, 5.74) is 1.54. The van der Waals surface area contributed by atoms with Crippen LogP contribution in [0.25, 0.3) is 0 Å². The third-order valence-electron chi connectivity index (χ3n) is 4.60. The smallest absolute Gasteiger partial charge is 0.238 e. The molecule has 0 heterocycles. The Morgan fingerprint density at radius 2 is 1.95 bits per heavy atom. The normalized spacial score (nSPS) is 23.0. The SMILES string of the molecule is CCC1CCCC(Oc2ccc(S(N)(=O)=O)c(C)c2C)C1. The molecule has 118 valence electrons. The summed E-state index contributed by atoms with van der Waals surface area (Å²) in [5, 5.41) is 5.23. The lowest BCUT2D eigenvalue weighted by Gasteiger charge is -2.29. The molecule has 2 rings (SSSR count). The summed E-state index contributed by atoms with van der Waals surface area (Å²) in [7, 11) is -3.67. The molecule has 0 bridgehead atoms. The highest BCUT2D eigenvalue weighted by Crippen LogP contribution is 2.32. The number of ether oxygens (including phenoxy) is 1. The van der Waals surface area contributed by atoms with Gasteiger partial charge in [0.1, 0.15) is 5.75 Å². The predicted octanol–water partition coefficient (Wildman–Crippen LogP) is 3.30. The van der Waals surface area contributed by atoms with Crippen molar-refractivity contribution in [2.45, 2.75) is 63.9 Å². The molecule has 0 spiro atoms. The summed E-state index contributed by atoms with van der Waals surface area (Å²) in [5.74, 6) is 1.52.